The van der Waals surface area contributed by atoms with Gasteiger partial charge >= 0.3 is 6.18 Å². The number of aromatic nitrogens is 2. The Labute approximate surface area is 110 Å². The summed E-state index contributed by atoms with van der Waals surface area (Å²) in [7, 11) is 1.78. The van der Waals surface area contributed by atoms with E-state index in [9.17, 15) is 18.3 Å². The summed E-state index contributed by atoms with van der Waals surface area (Å²) < 4.78 is 41.6. The van der Waals surface area contributed by atoms with Gasteiger partial charge in [0, 0.05) is 25.8 Å². The molecule has 1 atom stereocenters. The van der Waals surface area contributed by atoms with Crippen LogP contribution in [0.3, 0.4) is 0 Å². The summed E-state index contributed by atoms with van der Waals surface area (Å²) in [5, 5.41) is 14.0. The molecule has 110 valence electrons. The van der Waals surface area contributed by atoms with Crippen molar-refractivity contribution in [1.29, 1.82) is 0 Å². The Bertz CT molecular complexity index is 391. The molecule has 1 aromatic heterocycles. The Kier molecular flexibility index (Phi) is 5.81. The Balaban J connectivity index is 2.30. The van der Waals surface area contributed by atoms with Gasteiger partial charge in [-0.05, 0) is 18.9 Å². The summed E-state index contributed by atoms with van der Waals surface area (Å²) in [6.07, 6.45) is -3.71. The molecule has 1 aromatic rings. The lowest BCUT2D eigenvalue weighted by atomic mass is 10.1. The van der Waals surface area contributed by atoms with Gasteiger partial charge in [-0.25, -0.2) is 0 Å². The van der Waals surface area contributed by atoms with E-state index in [1.54, 1.807) is 11.7 Å². The molecule has 4 nitrogen and oxygen atoms in total. The molecule has 0 aromatic carbocycles. The predicted octanol–water partition coefficient (Wildman–Crippen LogP) is 1.85. The number of rotatable bonds is 7. The SMILES string of the molecule is CCc1cc(CC(O)CCOCC(F)(F)F)n(C)n1. The Morgan fingerprint density at radius 3 is 2.68 bits per heavy atom. The minimum absolute atomic E-state index is 0.112. The minimum Gasteiger partial charge on any atom is -0.393 e. The van der Waals surface area contributed by atoms with E-state index in [1.165, 1.54) is 0 Å². The van der Waals surface area contributed by atoms with Crippen molar-refractivity contribution in [3.8, 4) is 0 Å². The highest BCUT2D eigenvalue weighted by molar-refractivity contribution is 5.11. The van der Waals surface area contributed by atoms with E-state index in [2.05, 4.69) is 9.84 Å². The van der Waals surface area contributed by atoms with E-state index >= 15 is 0 Å². The maximum Gasteiger partial charge on any atom is 0.411 e. The van der Waals surface area contributed by atoms with Gasteiger partial charge in [-0.3, -0.25) is 4.68 Å². The fourth-order valence-electron chi connectivity index (χ4n) is 1.69. The highest BCUT2D eigenvalue weighted by Crippen LogP contribution is 2.15. The van der Waals surface area contributed by atoms with Crippen molar-refractivity contribution >= 4 is 0 Å². The van der Waals surface area contributed by atoms with Crippen LogP contribution >= 0.6 is 0 Å². The van der Waals surface area contributed by atoms with Crippen molar-refractivity contribution in [2.45, 2.75) is 38.5 Å². The molecule has 1 unspecified atom stereocenters. The monoisotopic (exact) mass is 280 g/mol. The van der Waals surface area contributed by atoms with Crippen molar-refractivity contribution in [2.24, 2.45) is 7.05 Å². The quantitative estimate of drug-likeness (QED) is 0.775. The molecule has 0 saturated carbocycles. The van der Waals surface area contributed by atoms with E-state index in [0.29, 0.717) is 6.42 Å². The van der Waals surface area contributed by atoms with E-state index in [-0.39, 0.29) is 13.0 Å². The van der Waals surface area contributed by atoms with E-state index in [4.69, 9.17) is 0 Å². The zero-order valence-corrected chi connectivity index (χ0v) is 11.1. The number of alkyl halides is 3. The van der Waals surface area contributed by atoms with Crippen LogP contribution in [-0.4, -0.2) is 40.4 Å². The van der Waals surface area contributed by atoms with Gasteiger partial charge in [0.25, 0.3) is 0 Å². The number of aryl methyl sites for hydroxylation is 2. The summed E-state index contributed by atoms with van der Waals surface area (Å²) in [5.41, 5.74) is 1.79. The lowest BCUT2D eigenvalue weighted by Crippen LogP contribution is -2.20. The van der Waals surface area contributed by atoms with Crippen LogP contribution < -0.4 is 0 Å². The zero-order chi connectivity index (χ0) is 14.5. The summed E-state index contributed by atoms with van der Waals surface area (Å²) in [6.45, 7) is 0.595. The van der Waals surface area contributed by atoms with E-state index in [1.807, 2.05) is 13.0 Å². The normalized spacial score (nSPS) is 13.8. The van der Waals surface area contributed by atoms with Gasteiger partial charge in [0.05, 0.1) is 11.8 Å². The first-order chi connectivity index (χ1) is 8.81. The summed E-state index contributed by atoms with van der Waals surface area (Å²) >= 11 is 0. The number of aliphatic hydroxyl groups excluding tert-OH is 1. The Hall–Kier alpha value is -1.08. The molecule has 1 rings (SSSR count). The number of aliphatic hydroxyl groups is 1. The molecule has 0 aliphatic carbocycles. The molecule has 0 bridgehead atoms. The largest absolute Gasteiger partial charge is 0.411 e. The second kappa shape index (κ2) is 6.91. The van der Waals surface area contributed by atoms with Gasteiger partial charge < -0.3 is 9.84 Å². The molecule has 1 heterocycles. The Morgan fingerprint density at radius 2 is 2.16 bits per heavy atom. The predicted molar refractivity (Wildman–Crippen MR) is 63.8 cm³/mol. The number of ether oxygens (including phenoxy) is 1. The molecule has 0 aliphatic rings. The van der Waals surface area contributed by atoms with Crippen LogP contribution in [0.2, 0.25) is 0 Å². The molecule has 7 heteroatoms. The minimum atomic E-state index is -4.32. The Morgan fingerprint density at radius 1 is 1.47 bits per heavy atom. The molecule has 0 fully saturated rings. The lowest BCUT2D eigenvalue weighted by molar-refractivity contribution is -0.175. The van der Waals surface area contributed by atoms with Crippen molar-refractivity contribution in [1.82, 2.24) is 9.78 Å². The number of hydrogen-bond acceptors (Lipinski definition) is 3. The first kappa shape index (κ1) is 16.0. The third kappa shape index (κ3) is 6.07. The molecule has 0 radical (unpaired) electrons. The third-order valence-electron chi connectivity index (χ3n) is 2.70. The van der Waals surface area contributed by atoms with Crippen LogP contribution in [0.25, 0.3) is 0 Å². The van der Waals surface area contributed by atoms with Gasteiger partial charge in [-0.2, -0.15) is 18.3 Å². The van der Waals surface area contributed by atoms with Crippen LogP contribution in [-0.2, 0) is 24.6 Å². The summed E-state index contributed by atoms with van der Waals surface area (Å²) in [6, 6.07) is 1.89. The van der Waals surface area contributed by atoms with Crippen LogP contribution in [0.1, 0.15) is 24.7 Å². The summed E-state index contributed by atoms with van der Waals surface area (Å²) in [5.74, 6) is 0. The molecular formula is C12H19F3N2O2. The van der Waals surface area contributed by atoms with Crippen LogP contribution in [0.5, 0.6) is 0 Å². The number of halogens is 3. The maximum absolute atomic E-state index is 11.8. The van der Waals surface area contributed by atoms with E-state index in [0.717, 1.165) is 17.8 Å². The van der Waals surface area contributed by atoms with Crippen LogP contribution in [0.15, 0.2) is 6.07 Å². The first-order valence-corrected chi connectivity index (χ1v) is 6.16. The van der Waals surface area contributed by atoms with Crippen LogP contribution in [0.4, 0.5) is 13.2 Å². The average Bonchev–Trinajstić information content (AvgIpc) is 2.65. The van der Waals surface area contributed by atoms with Gasteiger partial charge in [-0.15, -0.1) is 0 Å². The zero-order valence-electron chi connectivity index (χ0n) is 11.1. The molecule has 1 N–H and O–H groups in total. The van der Waals surface area contributed by atoms with Crippen molar-refractivity contribution in [3.63, 3.8) is 0 Å². The van der Waals surface area contributed by atoms with Crippen molar-refractivity contribution in [2.75, 3.05) is 13.2 Å². The molecule has 0 saturated heterocycles. The van der Waals surface area contributed by atoms with Gasteiger partial charge in [0.1, 0.15) is 6.61 Å². The molecule has 0 aliphatic heterocycles. The topological polar surface area (TPSA) is 47.3 Å². The smallest absolute Gasteiger partial charge is 0.393 e. The fraction of sp³-hybridized carbons (Fsp3) is 0.750. The van der Waals surface area contributed by atoms with Crippen molar-refractivity contribution in [3.05, 3.63) is 17.5 Å². The fourth-order valence-corrected chi connectivity index (χ4v) is 1.69. The third-order valence-corrected chi connectivity index (χ3v) is 2.70. The molecule has 0 amide bonds. The number of hydrogen-bond donors (Lipinski definition) is 1. The lowest BCUT2D eigenvalue weighted by Gasteiger charge is -2.12. The second-order valence-electron chi connectivity index (χ2n) is 4.42. The van der Waals surface area contributed by atoms with Gasteiger partial charge in [-0.1, -0.05) is 6.92 Å². The van der Waals surface area contributed by atoms with Gasteiger partial charge in [0.2, 0.25) is 0 Å². The van der Waals surface area contributed by atoms with Gasteiger partial charge in [0.15, 0.2) is 0 Å². The van der Waals surface area contributed by atoms with E-state index < -0.39 is 18.9 Å². The molecule has 19 heavy (non-hydrogen) atoms. The molecule has 0 spiro atoms. The maximum atomic E-state index is 11.8. The summed E-state index contributed by atoms with van der Waals surface area (Å²) in [4.78, 5) is 0. The first-order valence-electron chi connectivity index (χ1n) is 6.16. The standard InChI is InChI=1S/C12H19F3N2O2/c1-3-9-6-10(17(2)16-9)7-11(18)4-5-19-8-12(13,14)15/h6,11,18H,3-5,7-8H2,1-2H3. The molecular weight excluding hydrogens is 261 g/mol. The highest BCUT2D eigenvalue weighted by Gasteiger charge is 2.27. The number of nitrogens with zero attached hydrogens (tertiary/aromatic N) is 2. The van der Waals surface area contributed by atoms with Crippen LogP contribution in [0, 0.1) is 0 Å². The van der Waals surface area contributed by atoms with Crippen molar-refractivity contribution < 1.29 is 23.0 Å². The second-order valence-corrected chi connectivity index (χ2v) is 4.42. The average molecular weight is 280 g/mol. The highest BCUT2D eigenvalue weighted by atomic mass is 19.4.